The molecule has 2 aromatic carbocycles. The second-order valence-electron chi connectivity index (χ2n) is 5.57. The monoisotopic (exact) mass is 356 g/mol. The molecule has 0 fully saturated rings. The highest BCUT2D eigenvalue weighted by atomic mass is 19.1. The minimum Gasteiger partial charge on any atom is -0.476 e. The van der Waals surface area contributed by atoms with Crippen LogP contribution in [0.4, 0.5) is 10.2 Å². The summed E-state index contributed by atoms with van der Waals surface area (Å²) in [5.41, 5.74) is 1.14. The third-order valence-corrected chi connectivity index (χ3v) is 3.74. The summed E-state index contributed by atoms with van der Waals surface area (Å²) in [7, 11) is 0. The number of halogens is 1. The van der Waals surface area contributed by atoms with E-state index in [0.717, 1.165) is 10.4 Å². The third-order valence-electron chi connectivity index (χ3n) is 3.74. The van der Waals surface area contributed by atoms with Gasteiger partial charge in [0.15, 0.2) is 5.82 Å². The number of aliphatic hydroxyl groups is 1. The normalized spacial score (nSPS) is 10.7. The Balaban J connectivity index is 1.99. The molecule has 0 spiro atoms. The lowest BCUT2D eigenvalue weighted by atomic mass is 10.2. The van der Waals surface area contributed by atoms with Gasteiger partial charge in [-0.25, -0.2) is 9.18 Å². The first kappa shape index (κ1) is 17.6. The zero-order chi connectivity index (χ0) is 18.5. The average Bonchev–Trinajstić information content (AvgIpc) is 3.08. The first-order chi connectivity index (χ1) is 12.6. The lowest BCUT2D eigenvalue weighted by Gasteiger charge is -2.21. The van der Waals surface area contributed by atoms with Crippen LogP contribution in [0.3, 0.4) is 0 Å². The number of rotatable bonds is 7. The molecule has 26 heavy (non-hydrogen) atoms. The molecule has 0 aliphatic carbocycles. The van der Waals surface area contributed by atoms with E-state index in [1.165, 1.54) is 24.3 Å². The van der Waals surface area contributed by atoms with Crippen molar-refractivity contribution in [3.8, 4) is 5.69 Å². The van der Waals surface area contributed by atoms with Gasteiger partial charge in [-0.05, 0) is 29.8 Å². The maximum atomic E-state index is 13.1. The summed E-state index contributed by atoms with van der Waals surface area (Å²) in [6, 6.07) is 14.8. The highest BCUT2D eigenvalue weighted by Crippen LogP contribution is 2.20. The van der Waals surface area contributed by atoms with E-state index in [1.54, 1.807) is 4.90 Å². The fourth-order valence-electron chi connectivity index (χ4n) is 2.52. The van der Waals surface area contributed by atoms with Gasteiger partial charge in [0, 0.05) is 13.1 Å². The predicted molar refractivity (Wildman–Crippen MR) is 92.9 cm³/mol. The number of carboxylic acids is 1. The molecule has 134 valence electrons. The summed E-state index contributed by atoms with van der Waals surface area (Å²) in [4.78, 5) is 14.4. The summed E-state index contributed by atoms with van der Waals surface area (Å²) in [5.74, 6) is -1.50. The van der Waals surface area contributed by atoms with Gasteiger partial charge in [0.05, 0.1) is 12.3 Å². The molecule has 3 rings (SSSR count). The Labute approximate surface area is 148 Å². The number of anilines is 1. The molecular weight excluding hydrogens is 339 g/mol. The van der Waals surface area contributed by atoms with Crippen LogP contribution in [-0.4, -0.2) is 44.3 Å². The SMILES string of the molecule is O=C(O)c1nn(-c2ccc(F)cc2)nc1N(CCO)Cc1ccccc1. The molecule has 2 N–H and O–H groups in total. The number of benzene rings is 2. The van der Waals surface area contributed by atoms with Gasteiger partial charge in [-0.3, -0.25) is 0 Å². The molecule has 0 unspecified atom stereocenters. The van der Waals surface area contributed by atoms with Crippen molar-refractivity contribution >= 4 is 11.8 Å². The molecule has 0 aliphatic rings. The van der Waals surface area contributed by atoms with Crippen molar-refractivity contribution in [2.75, 3.05) is 18.1 Å². The van der Waals surface area contributed by atoms with Crippen molar-refractivity contribution in [3.05, 3.63) is 71.7 Å². The predicted octanol–water partition coefficient (Wildman–Crippen LogP) is 2.10. The number of carboxylic acid groups (broad SMARTS) is 1. The lowest BCUT2D eigenvalue weighted by Crippen LogP contribution is -2.28. The minimum atomic E-state index is -1.23. The quantitative estimate of drug-likeness (QED) is 0.674. The van der Waals surface area contributed by atoms with Crippen molar-refractivity contribution in [2.45, 2.75) is 6.54 Å². The first-order valence-electron chi connectivity index (χ1n) is 7.95. The highest BCUT2D eigenvalue weighted by molar-refractivity contribution is 5.91. The van der Waals surface area contributed by atoms with E-state index in [1.807, 2.05) is 30.3 Å². The fraction of sp³-hybridized carbons (Fsp3) is 0.167. The van der Waals surface area contributed by atoms with Crippen molar-refractivity contribution in [1.82, 2.24) is 15.0 Å². The zero-order valence-electron chi connectivity index (χ0n) is 13.8. The second-order valence-corrected chi connectivity index (χ2v) is 5.57. The number of carbonyl (C=O) groups is 1. The van der Waals surface area contributed by atoms with Crippen LogP contribution in [0.25, 0.3) is 5.69 Å². The van der Waals surface area contributed by atoms with Crippen LogP contribution in [0.1, 0.15) is 16.1 Å². The van der Waals surface area contributed by atoms with Gasteiger partial charge in [0.2, 0.25) is 5.69 Å². The van der Waals surface area contributed by atoms with Crippen LogP contribution in [-0.2, 0) is 6.54 Å². The number of aromatic nitrogens is 3. The van der Waals surface area contributed by atoms with Gasteiger partial charge >= 0.3 is 5.97 Å². The van der Waals surface area contributed by atoms with Gasteiger partial charge in [-0.15, -0.1) is 15.0 Å². The van der Waals surface area contributed by atoms with Crippen molar-refractivity contribution in [1.29, 1.82) is 0 Å². The van der Waals surface area contributed by atoms with Gasteiger partial charge < -0.3 is 15.1 Å². The van der Waals surface area contributed by atoms with E-state index >= 15 is 0 Å². The Hall–Kier alpha value is -3.26. The molecule has 0 radical (unpaired) electrons. The van der Waals surface area contributed by atoms with Crippen molar-refractivity contribution in [3.63, 3.8) is 0 Å². The van der Waals surface area contributed by atoms with Crippen LogP contribution >= 0.6 is 0 Å². The molecule has 0 saturated carbocycles. The van der Waals surface area contributed by atoms with Crippen LogP contribution < -0.4 is 4.90 Å². The number of hydrogen-bond donors (Lipinski definition) is 2. The molecule has 7 nitrogen and oxygen atoms in total. The Morgan fingerprint density at radius 2 is 1.77 bits per heavy atom. The molecule has 0 aliphatic heterocycles. The standard InChI is InChI=1S/C18H17FN4O3/c19-14-6-8-15(9-7-14)23-20-16(18(25)26)17(21-23)22(10-11-24)12-13-4-2-1-3-5-13/h1-9,24H,10-12H2,(H,25,26). The molecule has 0 amide bonds. The fourth-order valence-corrected chi connectivity index (χ4v) is 2.52. The average molecular weight is 356 g/mol. The maximum Gasteiger partial charge on any atom is 0.360 e. The molecular formula is C18H17FN4O3. The van der Waals surface area contributed by atoms with E-state index in [4.69, 9.17) is 0 Å². The Kier molecular flexibility index (Phi) is 5.23. The zero-order valence-corrected chi connectivity index (χ0v) is 13.8. The summed E-state index contributed by atoms with van der Waals surface area (Å²) >= 11 is 0. The maximum absolute atomic E-state index is 13.1. The molecule has 0 atom stereocenters. The number of nitrogens with zero attached hydrogens (tertiary/aromatic N) is 4. The number of aromatic carboxylic acids is 1. The largest absolute Gasteiger partial charge is 0.476 e. The Morgan fingerprint density at radius 3 is 2.38 bits per heavy atom. The number of aliphatic hydroxyl groups excluding tert-OH is 1. The van der Waals surface area contributed by atoms with Gasteiger partial charge in [-0.2, -0.15) is 0 Å². The molecule has 1 aromatic heterocycles. The van der Waals surface area contributed by atoms with Gasteiger partial charge in [-0.1, -0.05) is 30.3 Å². The summed E-state index contributed by atoms with van der Waals surface area (Å²) in [5, 5.41) is 27.1. The molecule has 3 aromatic rings. The van der Waals surface area contributed by atoms with E-state index in [-0.39, 0.29) is 24.7 Å². The van der Waals surface area contributed by atoms with Crippen LogP contribution in [0.2, 0.25) is 0 Å². The summed E-state index contributed by atoms with van der Waals surface area (Å²) in [6.07, 6.45) is 0. The smallest absolute Gasteiger partial charge is 0.360 e. The number of hydrogen-bond acceptors (Lipinski definition) is 5. The van der Waals surface area contributed by atoms with Gasteiger partial charge in [0.1, 0.15) is 5.82 Å². The summed E-state index contributed by atoms with van der Waals surface area (Å²) < 4.78 is 13.1. The van der Waals surface area contributed by atoms with Crippen molar-refractivity contribution in [2.24, 2.45) is 0 Å². The van der Waals surface area contributed by atoms with Crippen LogP contribution in [0.5, 0.6) is 0 Å². The second kappa shape index (κ2) is 7.75. The van der Waals surface area contributed by atoms with E-state index in [0.29, 0.717) is 12.2 Å². The van der Waals surface area contributed by atoms with E-state index in [2.05, 4.69) is 10.2 Å². The Morgan fingerprint density at radius 1 is 1.08 bits per heavy atom. The topological polar surface area (TPSA) is 91.5 Å². The van der Waals surface area contributed by atoms with Gasteiger partial charge in [0.25, 0.3) is 0 Å². The Bertz CT molecular complexity index is 881. The molecule has 0 saturated heterocycles. The summed E-state index contributed by atoms with van der Waals surface area (Å²) in [6.45, 7) is 0.385. The third kappa shape index (κ3) is 3.86. The minimum absolute atomic E-state index is 0.139. The van der Waals surface area contributed by atoms with Crippen molar-refractivity contribution < 1.29 is 19.4 Å². The first-order valence-corrected chi connectivity index (χ1v) is 7.95. The van der Waals surface area contributed by atoms with Crippen LogP contribution in [0.15, 0.2) is 54.6 Å². The van der Waals surface area contributed by atoms with E-state index in [9.17, 15) is 19.4 Å². The lowest BCUT2D eigenvalue weighted by molar-refractivity contribution is 0.0690. The molecule has 8 heteroatoms. The molecule has 1 heterocycles. The van der Waals surface area contributed by atoms with Crippen LogP contribution in [0, 0.1) is 5.82 Å². The highest BCUT2D eigenvalue weighted by Gasteiger charge is 2.23. The van der Waals surface area contributed by atoms with E-state index < -0.39 is 11.8 Å². The molecule has 0 bridgehead atoms.